The third-order valence-corrected chi connectivity index (χ3v) is 6.28. The van der Waals surface area contributed by atoms with Gasteiger partial charge in [-0.05, 0) is 49.2 Å². The highest BCUT2D eigenvalue weighted by Gasteiger charge is 2.24. The zero-order valence-electron chi connectivity index (χ0n) is 18.9. The summed E-state index contributed by atoms with van der Waals surface area (Å²) >= 11 is 0. The van der Waals surface area contributed by atoms with Crippen LogP contribution in [0.2, 0.25) is 0 Å². The van der Waals surface area contributed by atoms with Crippen LogP contribution in [0.15, 0.2) is 77.3 Å². The largest absolute Gasteiger partial charge is 0.481 e. The summed E-state index contributed by atoms with van der Waals surface area (Å²) in [7, 11) is 0. The highest BCUT2D eigenvalue weighted by Crippen LogP contribution is 2.28. The molecule has 1 aliphatic rings. The lowest BCUT2D eigenvalue weighted by molar-refractivity contribution is -0.143. The molecule has 1 saturated heterocycles. The van der Waals surface area contributed by atoms with Crippen molar-refractivity contribution < 1.29 is 18.8 Å². The van der Waals surface area contributed by atoms with E-state index in [1.165, 1.54) is 6.07 Å². The predicted octanol–water partition coefficient (Wildman–Crippen LogP) is 5.93. The fourth-order valence-corrected chi connectivity index (χ4v) is 4.31. The van der Waals surface area contributed by atoms with E-state index in [9.17, 15) is 9.18 Å². The van der Waals surface area contributed by atoms with Crippen molar-refractivity contribution in [3.05, 3.63) is 84.2 Å². The van der Waals surface area contributed by atoms with Gasteiger partial charge in [0.1, 0.15) is 5.82 Å². The number of carboxylic acids is 1. The molecule has 0 saturated carbocycles. The summed E-state index contributed by atoms with van der Waals surface area (Å²) in [6.07, 6.45) is 1.37. The van der Waals surface area contributed by atoms with Gasteiger partial charge in [0.25, 0.3) is 5.89 Å². The fourth-order valence-electron chi connectivity index (χ4n) is 4.31. The number of hydrogen-bond donors (Lipinski definition) is 1. The Labute approximate surface area is 208 Å². The van der Waals surface area contributed by atoms with Gasteiger partial charge in [0.15, 0.2) is 0 Å². The average Bonchev–Trinajstić information content (AvgIpc) is 3.36. The van der Waals surface area contributed by atoms with E-state index in [2.05, 4.69) is 15.0 Å². The Bertz CT molecular complexity index is 1290. The van der Waals surface area contributed by atoms with Crippen LogP contribution in [0.3, 0.4) is 0 Å². The minimum absolute atomic E-state index is 0. The Morgan fingerprint density at radius 2 is 1.66 bits per heavy atom. The molecule has 0 spiro atoms. The molecule has 35 heavy (non-hydrogen) atoms. The number of aromatic nitrogens is 2. The van der Waals surface area contributed by atoms with E-state index in [4.69, 9.17) is 9.63 Å². The summed E-state index contributed by atoms with van der Waals surface area (Å²) < 4.78 is 20.1. The second-order valence-electron chi connectivity index (χ2n) is 8.57. The van der Waals surface area contributed by atoms with E-state index in [0.29, 0.717) is 29.8 Å². The molecule has 180 valence electrons. The smallest absolute Gasteiger partial charge is 0.306 e. The number of nitrogens with zero attached hydrogens (tertiary/aromatic N) is 3. The Balaban J connectivity index is 0.00000289. The number of halogens is 2. The Morgan fingerprint density at radius 1 is 0.971 bits per heavy atom. The quantitative estimate of drug-likeness (QED) is 0.358. The van der Waals surface area contributed by atoms with E-state index in [-0.39, 0.29) is 30.0 Å². The molecule has 6 nitrogen and oxygen atoms in total. The zero-order chi connectivity index (χ0) is 23.5. The van der Waals surface area contributed by atoms with Gasteiger partial charge < -0.3 is 9.63 Å². The zero-order valence-corrected chi connectivity index (χ0v) is 19.7. The standard InChI is InChI=1S/C27H24FN3O3.ClH/c28-24-16-22(10-11-23(24)19-4-2-1-3-5-19)26-29-25(30-34-26)20-8-6-18(7-9-20)17-31-14-12-21(13-15-31)27(32)33;/h1-11,16,21H,12-15,17H2,(H,32,33);1H. The summed E-state index contributed by atoms with van der Waals surface area (Å²) in [5, 5.41) is 13.2. The third kappa shape index (κ3) is 5.58. The highest BCUT2D eigenvalue weighted by atomic mass is 35.5. The minimum atomic E-state index is -0.696. The first kappa shape index (κ1) is 24.6. The van der Waals surface area contributed by atoms with Crippen LogP contribution in [-0.4, -0.2) is 39.2 Å². The number of piperidine rings is 1. The molecule has 0 unspecified atom stereocenters. The molecular weight excluding hydrogens is 469 g/mol. The Kier molecular flexibility index (Phi) is 7.58. The molecule has 0 radical (unpaired) electrons. The molecule has 1 fully saturated rings. The van der Waals surface area contributed by atoms with Crippen LogP contribution in [-0.2, 0) is 11.3 Å². The Hall–Kier alpha value is -3.55. The van der Waals surface area contributed by atoms with Crippen molar-refractivity contribution in [1.82, 2.24) is 15.0 Å². The van der Waals surface area contributed by atoms with E-state index in [0.717, 1.165) is 36.3 Å². The first-order valence-corrected chi connectivity index (χ1v) is 11.3. The molecule has 4 aromatic rings. The molecule has 0 aliphatic carbocycles. The maximum Gasteiger partial charge on any atom is 0.306 e. The lowest BCUT2D eigenvalue weighted by atomic mass is 9.97. The number of carboxylic acid groups (broad SMARTS) is 1. The molecular formula is C27H25ClFN3O3. The van der Waals surface area contributed by atoms with Gasteiger partial charge in [-0.1, -0.05) is 65.8 Å². The Morgan fingerprint density at radius 3 is 2.31 bits per heavy atom. The summed E-state index contributed by atoms with van der Waals surface area (Å²) in [6.45, 7) is 2.34. The van der Waals surface area contributed by atoms with E-state index < -0.39 is 5.97 Å². The van der Waals surface area contributed by atoms with Crippen LogP contribution in [0.5, 0.6) is 0 Å². The number of likely N-dealkylation sites (tertiary alicyclic amines) is 1. The lowest BCUT2D eigenvalue weighted by Crippen LogP contribution is -2.35. The number of carbonyl (C=O) groups is 1. The minimum Gasteiger partial charge on any atom is -0.481 e. The number of rotatable bonds is 6. The van der Waals surface area contributed by atoms with Crippen molar-refractivity contribution in [2.24, 2.45) is 5.92 Å². The monoisotopic (exact) mass is 493 g/mol. The third-order valence-electron chi connectivity index (χ3n) is 6.28. The molecule has 0 amide bonds. The van der Waals surface area contributed by atoms with Gasteiger partial charge >= 0.3 is 5.97 Å². The van der Waals surface area contributed by atoms with Crippen molar-refractivity contribution in [1.29, 1.82) is 0 Å². The van der Waals surface area contributed by atoms with Gasteiger partial charge in [-0.25, -0.2) is 4.39 Å². The van der Waals surface area contributed by atoms with Gasteiger partial charge in [0, 0.05) is 23.2 Å². The van der Waals surface area contributed by atoms with Gasteiger partial charge in [0.05, 0.1) is 5.92 Å². The van der Waals surface area contributed by atoms with Gasteiger partial charge in [-0.3, -0.25) is 9.69 Å². The second-order valence-corrected chi connectivity index (χ2v) is 8.57. The maximum absolute atomic E-state index is 14.7. The SMILES string of the molecule is Cl.O=C(O)C1CCN(Cc2ccc(-c3noc(-c4ccc(-c5ccccc5)c(F)c4)n3)cc2)CC1. The topological polar surface area (TPSA) is 79.5 Å². The molecule has 0 bridgehead atoms. The predicted molar refractivity (Wildman–Crippen MR) is 133 cm³/mol. The number of hydrogen-bond acceptors (Lipinski definition) is 5. The molecule has 2 heterocycles. The fraction of sp³-hybridized carbons (Fsp3) is 0.222. The second kappa shape index (κ2) is 10.8. The van der Waals surface area contributed by atoms with Crippen LogP contribution < -0.4 is 0 Å². The van der Waals surface area contributed by atoms with Gasteiger partial charge in [-0.2, -0.15) is 4.98 Å². The van der Waals surface area contributed by atoms with E-state index in [1.54, 1.807) is 12.1 Å². The van der Waals surface area contributed by atoms with Crippen molar-refractivity contribution >= 4 is 18.4 Å². The van der Waals surface area contributed by atoms with E-state index in [1.807, 2.05) is 54.6 Å². The van der Waals surface area contributed by atoms with Crippen LogP contribution >= 0.6 is 12.4 Å². The van der Waals surface area contributed by atoms with Gasteiger partial charge in [0.2, 0.25) is 5.82 Å². The lowest BCUT2D eigenvalue weighted by Gasteiger charge is -2.30. The molecule has 5 rings (SSSR count). The first-order chi connectivity index (χ1) is 16.6. The van der Waals surface area contributed by atoms with Crippen LogP contribution in [0.4, 0.5) is 4.39 Å². The van der Waals surface area contributed by atoms with Crippen molar-refractivity contribution in [2.75, 3.05) is 13.1 Å². The van der Waals surface area contributed by atoms with Crippen molar-refractivity contribution in [3.63, 3.8) is 0 Å². The van der Waals surface area contributed by atoms with Crippen LogP contribution in [0.1, 0.15) is 18.4 Å². The van der Waals surface area contributed by atoms with E-state index >= 15 is 0 Å². The van der Waals surface area contributed by atoms with Crippen LogP contribution in [0, 0.1) is 11.7 Å². The normalized spacial score (nSPS) is 14.4. The van der Waals surface area contributed by atoms with Crippen LogP contribution in [0.25, 0.3) is 34.0 Å². The van der Waals surface area contributed by atoms with Gasteiger partial charge in [-0.15, -0.1) is 12.4 Å². The molecule has 1 N–H and O–H groups in total. The maximum atomic E-state index is 14.7. The molecule has 0 atom stereocenters. The molecule has 3 aromatic carbocycles. The first-order valence-electron chi connectivity index (χ1n) is 11.3. The summed E-state index contributed by atoms with van der Waals surface area (Å²) in [6, 6.07) is 22.2. The van der Waals surface area contributed by atoms with Crippen molar-refractivity contribution in [2.45, 2.75) is 19.4 Å². The number of aliphatic carboxylic acids is 1. The van der Waals surface area contributed by atoms with Crippen molar-refractivity contribution in [3.8, 4) is 34.0 Å². The highest BCUT2D eigenvalue weighted by molar-refractivity contribution is 5.85. The summed E-state index contributed by atoms with van der Waals surface area (Å²) in [5.41, 5.74) is 3.80. The summed E-state index contributed by atoms with van der Waals surface area (Å²) in [4.78, 5) is 17.8. The molecule has 8 heteroatoms. The summed E-state index contributed by atoms with van der Waals surface area (Å²) in [5.74, 6) is -0.567. The number of benzene rings is 3. The molecule has 1 aromatic heterocycles. The average molecular weight is 494 g/mol. The molecule has 1 aliphatic heterocycles.